The van der Waals surface area contributed by atoms with E-state index in [-0.39, 0.29) is 28.9 Å². The first-order valence-corrected chi connectivity index (χ1v) is 10.8. The summed E-state index contributed by atoms with van der Waals surface area (Å²) in [4.78, 5) is 39.0. The minimum Gasteiger partial charge on any atom is -0.326 e. The molecule has 0 aromatic heterocycles. The van der Waals surface area contributed by atoms with Gasteiger partial charge in [-0.1, -0.05) is 35.9 Å². The zero-order chi connectivity index (χ0) is 22.0. The van der Waals surface area contributed by atoms with Gasteiger partial charge < -0.3 is 5.32 Å². The lowest BCUT2D eigenvalue weighted by molar-refractivity contribution is -0.115. The monoisotopic (exact) mass is 454 g/mol. The molecule has 1 aliphatic heterocycles. The van der Waals surface area contributed by atoms with Crippen LogP contribution in [0.3, 0.4) is 0 Å². The van der Waals surface area contributed by atoms with Crippen LogP contribution in [0.2, 0.25) is 5.02 Å². The second-order valence-electron chi connectivity index (χ2n) is 6.73. The smallest absolute Gasteiger partial charge is 0.266 e. The molecule has 0 fully saturated rings. The molecule has 0 aliphatic carbocycles. The highest BCUT2D eigenvalue weighted by atomic mass is 35.5. The molecule has 0 unspecified atom stereocenters. The molecule has 3 aromatic rings. The third kappa shape index (κ3) is 4.33. The highest BCUT2D eigenvalue weighted by Crippen LogP contribution is 2.35. The second-order valence-corrected chi connectivity index (χ2v) is 8.28. The van der Waals surface area contributed by atoms with Crippen molar-refractivity contribution in [1.29, 1.82) is 0 Å². The van der Waals surface area contributed by atoms with Gasteiger partial charge in [-0.3, -0.25) is 14.4 Å². The quantitative estimate of drug-likeness (QED) is 0.400. The Morgan fingerprint density at radius 3 is 2.26 bits per heavy atom. The molecule has 3 amide bonds. The fourth-order valence-corrected chi connectivity index (χ4v) is 4.37. The number of imide groups is 1. The molecule has 0 saturated carbocycles. The van der Waals surface area contributed by atoms with Crippen molar-refractivity contribution in [3.05, 3.63) is 88.7 Å². The third-order valence-electron chi connectivity index (χ3n) is 4.69. The molecule has 1 heterocycles. The van der Waals surface area contributed by atoms with Gasteiger partial charge in [0.05, 0.1) is 21.8 Å². The van der Waals surface area contributed by atoms with Crippen molar-refractivity contribution in [2.24, 2.45) is 0 Å². The van der Waals surface area contributed by atoms with Crippen molar-refractivity contribution in [3.63, 3.8) is 0 Å². The number of carbonyl (C=O) groups excluding carboxylic acids is 3. The predicted octanol–water partition coefficient (Wildman–Crippen LogP) is 5.40. The summed E-state index contributed by atoms with van der Waals surface area (Å²) in [6.45, 7) is 0. The Bertz CT molecular complexity index is 1170. The third-order valence-corrected chi connectivity index (χ3v) is 6.04. The second kappa shape index (κ2) is 8.91. The van der Waals surface area contributed by atoms with Crippen LogP contribution in [0, 0.1) is 5.82 Å². The van der Waals surface area contributed by atoms with E-state index in [4.69, 9.17) is 11.6 Å². The van der Waals surface area contributed by atoms with Crippen LogP contribution in [0.5, 0.6) is 0 Å². The van der Waals surface area contributed by atoms with E-state index in [1.165, 1.54) is 30.0 Å². The normalized spacial score (nSPS) is 12.8. The van der Waals surface area contributed by atoms with Crippen LogP contribution in [-0.2, 0) is 4.79 Å². The van der Waals surface area contributed by atoms with Crippen LogP contribution >= 0.6 is 23.4 Å². The minimum atomic E-state index is -0.440. The maximum atomic E-state index is 13.6. The number of hydrogen-bond donors (Lipinski definition) is 1. The molecule has 0 saturated heterocycles. The van der Waals surface area contributed by atoms with Gasteiger partial charge in [0, 0.05) is 22.8 Å². The SMILES string of the molecule is O=C(CCSc1ccccc1F)Nc1ccc(N2C(=O)c3ccccc3C2=O)c(Cl)c1. The number of hydrogen-bond acceptors (Lipinski definition) is 4. The Balaban J connectivity index is 1.40. The van der Waals surface area contributed by atoms with Crippen LogP contribution in [0.25, 0.3) is 0 Å². The average Bonchev–Trinajstić information content (AvgIpc) is 3.00. The number of thioether (sulfide) groups is 1. The van der Waals surface area contributed by atoms with Gasteiger partial charge in [-0.05, 0) is 42.5 Å². The number of fused-ring (bicyclic) bond motifs is 1. The predicted molar refractivity (Wildman–Crippen MR) is 119 cm³/mol. The highest BCUT2D eigenvalue weighted by Gasteiger charge is 2.37. The molecule has 1 aliphatic rings. The van der Waals surface area contributed by atoms with Gasteiger partial charge in [0.15, 0.2) is 0 Å². The molecule has 0 bridgehead atoms. The van der Waals surface area contributed by atoms with Crippen molar-refractivity contribution in [3.8, 4) is 0 Å². The van der Waals surface area contributed by atoms with Crippen molar-refractivity contribution < 1.29 is 18.8 Å². The summed E-state index contributed by atoms with van der Waals surface area (Å²) in [6, 6.07) is 17.6. The van der Waals surface area contributed by atoms with Crippen molar-refractivity contribution in [1.82, 2.24) is 0 Å². The van der Waals surface area contributed by atoms with E-state index < -0.39 is 11.8 Å². The summed E-state index contributed by atoms with van der Waals surface area (Å²) in [5.74, 6) is -1.04. The first-order valence-electron chi connectivity index (χ1n) is 9.40. The first-order chi connectivity index (χ1) is 15.0. The molecule has 5 nitrogen and oxygen atoms in total. The number of halogens is 2. The summed E-state index contributed by atoms with van der Waals surface area (Å²) in [6.07, 6.45) is 0.177. The molecule has 0 atom stereocenters. The molecular formula is C23H16ClFN2O3S. The van der Waals surface area contributed by atoms with Gasteiger partial charge in [-0.15, -0.1) is 11.8 Å². The average molecular weight is 455 g/mol. The molecule has 3 aromatic carbocycles. The van der Waals surface area contributed by atoms with E-state index in [0.29, 0.717) is 27.5 Å². The van der Waals surface area contributed by atoms with E-state index in [1.807, 2.05) is 0 Å². The van der Waals surface area contributed by atoms with Crippen LogP contribution in [0.4, 0.5) is 15.8 Å². The number of amides is 3. The van der Waals surface area contributed by atoms with Crippen molar-refractivity contribution in [2.45, 2.75) is 11.3 Å². The number of anilines is 2. The Hall–Kier alpha value is -3.16. The van der Waals surface area contributed by atoms with Crippen LogP contribution in [0.1, 0.15) is 27.1 Å². The standard InChI is InChI=1S/C23H16ClFN2O3S/c24-17-13-14(26-21(28)11-12-31-20-8-4-3-7-18(20)25)9-10-19(17)27-22(29)15-5-1-2-6-16(15)23(27)30/h1-10,13H,11-12H2,(H,26,28). The summed E-state index contributed by atoms with van der Waals surface area (Å²) >= 11 is 7.58. The maximum absolute atomic E-state index is 13.6. The molecule has 0 spiro atoms. The van der Waals surface area contributed by atoms with E-state index in [2.05, 4.69) is 5.32 Å². The fraction of sp³-hybridized carbons (Fsp3) is 0.0870. The van der Waals surface area contributed by atoms with Gasteiger partial charge in [-0.2, -0.15) is 0 Å². The molecule has 4 rings (SSSR count). The van der Waals surface area contributed by atoms with Crippen LogP contribution < -0.4 is 10.2 Å². The lowest BCUT2D eigenvalue weighted by atomic mass is 10.1. The van der Waals surface area contributed by atoms with Gasteiger partial charge in [0.1, 0.15) is 5.82 Å². The fourth-order valence-electron chi connectivity index (χ4n) is 3.21. The lowest BCUT2D eigenvalue weighted by Crippen LogP contribution is -2.29. The minimum absolute atomic E-state index is 0.160. The molecule has 1 N–H and O–H groups in total. The van der Waals surface area contributed by atoms with Gasteiger partial charge in [-0.25, -0.2) is 9.29 Å². The van der Waals surface area contributed by atoms with E-state index in [0.717, 1.165) is 4.90 Å². The Morgan fingerprint density at radius 1 is 0.968 bits per heavy atom. The van der Waals surface area contributed by atoms with Gasteiger partial charge in [0.2, 0.25) is 5.91 Å². The Labute approximate surface area is 187 Å². The van der Waals surface area contributed by atoms with Crippen LogP contribution in [0.15, 0.2) is 71.6 Å². The molecule has 8 heteroatoms. The zero-order valence-corrected chi connectivity index (χ0v) is 17.7. The Kier molecular flexibility index (Phi) is 6.06. The highest BCUT2D eigenvalue weighted by molar-refractivity contribution is 7.99. The summed E-state index contributed by atoms with van der Waals surface area (Å²) in [5, 5.41) is 2.88. The molecule has 0 radical (unpaired) electrons. The van der Waals surface area contributed by atoms with E-state index in [1.54, 1.807) is 48.5 Å². The summed E-state index contributed by atoms with van der Waals surface area (Å²) in [5.41, 5.74) is 1.34. The largest absolute Gasteiger partial charge is 0.326 e. The molecular weight excluding hydrogens is 439 g/mol. The Morgan fingerprint density at radius 2 is 1.61 bits per heavy atom. The topological polar surface area (TPSA) is 66.5 Å². The van der Waals surface area contributed by atoms with Crippen LogP contribution in [-0.4, -0.2) is 23.5 Å². The van der Waals surface area contributed by atoms with E-state index >= 15 is 0 Å². The number of rotatable bonds is 6. The maximum Gasteiger partial charge on any atom is 0.266 e. The van der Waals surface area contributed by atoms with Crippen molar-refractivity contribution in [2.75, 3.05) is 16.0 Å². The number of benzene rings is 3. The summed E-state index contributed by atoms with van der Waals surface area (Å²) < 4.78 is 13.6. The summed E-state index contributed by atoms with van der Waals surface area (Å²) in [7, 11) is 0. The molecule has 31 heavy (non-hydrogen) atoms. The van der Waals surface area contributed by atoms with Gasteiger partial charge in [0.25, 0.3) is 11.8 Å². The number of carbonyl (C=O) groups is 3. The molecule has 156 valence electrons. The lowest BCUT2D eigenvalue weighted by Gasteiger charge is -2.16. The number of nitrogens with one attached hydrogen (secondary N) is 1. The number of nitrogens with zero attached hydrogens (tertiary/aromatic N) is 1. The van der Waals surface area contributed by atoms with Gasteiger partial charge >= 0.3 is 0 Å². The van der Waals surface area contributed by atoms with Crippen molar-refractivity contribution >= 4 is 52.5 Å². The van der Waals surface area contributed by atoms with E-state index in [9.17, 15) is 18.8 Å². The zero-order valence-electron chi connectivity index (χ0n) is 16.1. The first kappa shape index (κ1) is 21.1.